The zero-order valence-electron chi connectivity index (χ0n) is 13.9. The summed E-state index contributed by atoms with van der Waals surface area (Å²) in [5, 5.41) is 2.54. The van der Waals surface area contributed by atoms with Crippen LogP contribution in [0.3, 0.4) is 0 Å². The molecule has 6 heteroatoms. The Bertz CT molecular complexity index is 794. The quantitative estimate of drug-likeness (QED) is 0.927. The van der Waals surface area contributed by atoms with Crippen LogP contribution in [0.1, 0.15) is 12.0 Å². The van der Waals surface area contributed by atoms with Crippen molar-refractivity contribution in [3.63, 3.8) is 0 Å². The minimum absolute atomic E-state index is 0.132. The van der Waals surface area contributed by atoms with E-state index < -0.39 is 6.10 Å². The largest absolute Gasteiger partial charge is 0.477 e. The number of para-hydroxylation sites is 2. The van der Waals surface area contributed by atoms with Crippen molar-refractivity contribution in [2.45, 2.75) is 18.9 Å². The van der Waals surface area contributed by atoms with E-state index in [0.29, 0.717) is 23.4 Å². The lowest BCUT2D eigenvalue weighted by atomic mass is 10.1. The van der Waals surface area contributed by atoms with Crippen molar-refractivity contribution in [1.29, 1.82) is 0 Å². The van der Waals surface area contributed by atoms with E-state index >= 15 is 0 Å². The topological polar surface area (TPSA) is 58.6 Å². The Morgan fingerprint density at radius 3 is 2.68 bits per heavy atom. The molecule has 25 heavy (non-hydrogen) atoms. The van der Waals surface area contributed by atoms with E-state index in [1.54, 1.807) is 47.4 Å². The van der Waals surface area contributed by atoms with Crippen LogP contribution in [-0.4, -0.2) is 31.5 Å². The molecule has 3 rings (SSSR count). The van der Waals surface area contributed by atoms with E-state index in [4.69, 9.17) is 4.74 Å². The summed E-state index contributed by atoms with van der Waals surface area (Å²) in [5.41, 5.74) is 1.13. The number of halogens is 1. The zero-order chi connectivity index (χ0) is 17.8. The van der Waals surface area contributed by atoms with Gasteiger partial charge in [0, 0.05) is 13.5 Å². The second-order valence-electron chi connectivity index (χ2n) is 5.78. The average molecular weight is 342 g/mol. The molecule has 0 radical (unpaired) electrons. The molecule has 0 bridgehead atoms. The number of carbonyl (C=O) groups is 2. The number of benzene rings is 2. The molecule has 1 heterocycles. The number of ether oxygens (including phenoxy) is 1. The van der Waals surface area contributed by atoms with Gasteiger partial charge in [-0.15, -0.1) is 0 Å². The van der Waals surface area contributed by atoms with Crippen molar-refractivity contribution < 1.29 is 18.7 Å². The van der Waals surface area contributed by atoms with E-state index in [0.717, 1.165) is 0 Å². The first-order valence-corrected chi connectivity index (χ1v) is 8.11. The summed E-state index contributed by atoms with van der Waals surface area (Å²) < 4.78 is 19.4. The minimum atomic E-state index is -0.766. The summed E-state index contributed by atoms with van der Waals surface area (Å²) in [4.78, 5) is 26.2. The summed E-state index contributed by atoms with van der Waals surface area (Å²) in [7, 11) is 1.52. The second-order valence-corrected chi connectivity index (χ2v) is 5.78. The first kappa shape index (κ1) is 17.0. The summed E-state index contributed by atoms with van der Waals surface area (Å²) in [5.74, 6) is -0.295. The highest BCUT2D eigenvalue weighted by molar-refractivity contribution is 5.97. The van der Waals surface area contributed by atoms with Gasteiger partial charge in [0.05, 0.1) is 12.2 Å². The third kappa shape index (κ3) is 3.63. The predicted molar refractivity (Wildman–Crippen MR) is 92.0 cm³/mol. The summed E-state index contributed by atoms with van der Waals surface area (Å²) >= 11 is 0. The van der Waals surface area contributed by atoms with Crippen LogP contribution in [0, 0.1) is 5.82 Å². The van der Waals surface area contributed by atoms with Gasteiger partial charge in [-0.25, -0.2) is 4.39 Å². The maximum Gasteiger partial charge on any atom is 0.262 e. The van der Waals surface area contributed by atoms with Gasteiger partial charge in [0.15, 0.2) is 6.10 Å². The number of nitrogens with zero attached hydrogens (tertiary/aromatic N) is 1. The molecule has 0 unspecified atom stereocenters. The van der Waals surface area contributed by atoms with Crippen LogP contribution >= 0.6 is 0 Å². The van der Waals surface area contributed by atoms with Gasteiger partial charge in [-0.05, 0) is 30.2 Å². The standard InChI is InChI=1S/C19H19FN2O3/c1-21-19(24)17-12-22(15-8-4-5-9-16(15)25-17)18(23)11-10-13-6-2-3-7-14(13)20/h2-9,17H,10-12H2,1H3,(H,21,24)/t17-/m1/s1. The molecule has 0 fully saturated rings. The molecular formula is C19H19FN2O3. The van der Waals surface area contributed by atoms with Crippen LogP contribution in [0.2, 0.25) is 0 Å². The summed E-state index contributed by atoms with van der Waals surface area (Å²) in [6.45, 7) is 0.132. The monoisotopic (exact) mass is 342 g/mol. The number of anilines is 1. The number of hydrogen-bond donors (Lipinski definition) is 1. The number of nitrogens with one attached hydrogen (secondary N) is 1. The van der Waals surface area contributed by atoms with Gasteiger partial charge in [-0.2, -0.15) is 0 Å². The molecule has 1 atom stereocenters. The molecule has 0 saturated carbocycles. The van der Waals surface area contributed by atoms with Gasteiger partial charge >= 0.3 is 0 Å². The number of aryl methyl sites for hydroxylation is 1. The zero-order valence-corrected chi connectivity index (χ0v) is 13.9. The highest BCUT2D eigenvalue weighted by Crippen LogP contribution is 2.33. The molecule has 0 aliphatic carbocycles. The second kappa shape index (κ2) is 7.34. The predicted octanol–water partition coefficient (Wildman–Crippen LogP) is 2.30. The molecule has 1 N–H and O–H groups in total. The van der Waals surface area contributed by atoms with Gasteiger partial charge in [0.2, 0.25) is 5.91 Å². The number of hydrogen-bond acceptors (Lipinski definition) is 3. The molecule has 2 amide bonds. The van der Waals surface area contributed by atoms with Crippen molar-refractivity contribution >= 4 is 17.5 Å². The molecule has 0 aromatic heterocycles. The smallest absolute Gasteiger partial charge is 0.262 e. The fourth-order valence-electron chi connectivity index (χ4n) is 2.85. The van der Waals surface area contributed by atoms with Crippen LogP contribution in [0.15, 0.2) is 48.5 Å². The maximum atomic E-state index is 13.7. The Balaban J connectivity index is 1.78. The van der Waals surface area contributed by atoms with E-state index in [2.05, 4.69) is 5.32 Å². The van der Waals surface area contributed by atoms with Crippen molar-refractivity contribution in [3.05, 3.63) is 59.9 Å². The van der Waals surface area contributed by atoms with E-state index in [1.807, 2.05) is 0 Å². The van der Waals surface area contributed by atoms with Crippen LogP contribution in [-0.2, 0) is 16.0 Å². The summed E-state index contributed by atoms with van der Waals surface area (Å²) in [6.07, 6.45) is -0.317. The fourth-order valence-corrected chi connectivity index (χ4v) is 2.85. The number of carbonyl (C=O) groups excluding carboxylic acids is 2. The van der Waals surface area contributed by atoms with Gasteiger partial charge in [0.1, 0.15) is 11.6 Å². The number of rotatable bonds is 4. The lowest BCUT2D eigenvalue weighted by Crippen LogP contribution is -2.50. The Morgan fingerprint density at radius 2 is 1.92 bits per heavy atom. The Kier molecular flexibility index (Phi) is 4.97. The number of amides is 2. The maximum absolute atomic E-state index is 13.7. The molecule has 130 valence electrons. The van der Waals surface area contributed by atoms with E-state index in [1.165, 1.54) is 13.1 Å². The third-order valence-corrected chi connectivity index (χ3v) is 4.18. The number of likely N-dealkylation sites (N-methyl/N-ethyl adjacent to an activating group) is 1. The van der Waals surface area contributed by atoms with Crippen molar-refractivity contribution in [2.75, 3.05) is 18.5 Å². The first-order valence-electron chi connectivity index (χ1n) is 8.11. The van der Waals surface area contributed by atoms with Crippen molar-refractivity contribution in [2.24, 2.45) is 0 Å². The van der Waals surface area contributed by atoms with Gasteiger partial charge in [-0.3, -0.25) is 9.59 Å². The van der Waals surface area contributed by atoms with Crippen LogP contribution in [0.25, 0.3) is 0 Å². The van der Waals surface area contributed by atoms with Crippen LogP contribution < -0.4 is 15.0 Å². The highest BCUT2D eigenvalue weighted by atomic mass is 19.1. The van der Waals surface area contributed by atoms with Crippen molar-refractivity contribution in [1.82, 2.24) is 5.32 Å². The van der Waals surface area contributed by atoms with Gasteiger partial charge in [-0.1, -0.05) is 30.3 Å². The summed E-state index contributed by atoms with van der Waals surface area (Å²) in [6, 6.07) is 13.5. The molecule has 5 nitrogen and oxygen atoms in total. The third-order valence-electron chi connectivity index (χ3n) is 4.18. The molecule has 2 aromatic rings. The molecule has 0 saturated heterocycles. The average Bonchev–Trinajstić information content (AvgIpc) is 2.65. The lowest BCUT2D eigenvalue weighted by Gasteiger charge is -2.34. The SMILES string of the molecule is CNC(=O)[C@H]1CN(C(=O)CCc2ccccc2F)c2ccccc2O1. The Labute approximate surface area is 145 Å². The van der Waals surface area contributed by atoms with Gasteiger partial charge < -0.3 is 15.0 Å². The molecule has 1 aliphatic rings. The first-order chi connectivity index (χ1) is 12.1. The molecular weight excluding hydrogens is 323 g/mol. The fraction of sp³-hybridized carbons (Fsp3) is 0.263. The van der Waals surface area contributed by atoms with Crippen LogP contribution in [0.4, 0.5) is 10.1 Å². The molecule has 0 spiro atoms. The molecule has 1 aliphatic heterocycles. The van der Waals surface area contributed by atoms with Crippen LogP contribution in [0.5, 0.6) is 5.75 Å². The normalized spacial score (nSPS) is 15.9. The van der Waals surface area contributed by atoms with E-state index in [9.17, 15) is 14.0 Å². The minimum Gasteiger partial charge on any atom is -0.477 e. The van der Waals surface area contributed by atoms with Crippen molar-refractivity contribution in [3.8, 4) is 5.75 Å². The Hall–Kier alpha value is -2.89. The lowest BCUT2D eigenvalue weighted by molar-refractivity contribution is -0.127. The highest BCUT2D eigenvalue weighted by Gasteiger charge is 2.33. The Morgan fingerprint density at radius 1 is 1.20 bits per heavy atom. The number of fused-ring (bicyclic) bond motifs is 1. The van der Waals surface area contributed by atoms with E-state index in [-0.39, 0.29) is 30.6 Å². The van der Waals surface area contributed by atoms with Gasteiger partial charge in [0.25, 0.3) is 5.91 Å². The molecule has 2 aromatic carbocycles.